The highest BCUT2D eigenvalue weighted by atomic mass is 16.2. The van der Waals surface area contributed by atoms with E-state index in [-0.39, 0.29) is 143 Å². The first-order chi connectivity index (χ1) is 48.5. The van der Waals surface area contributed by atoms with E-state index in [1.54, 1.807) is 0 Å². The van der Waals surface area contributed by atoms with Gasteiger partial charge in [0.15, 0.2) is 11.9 Å². The number of amides is 5. The second-order valence-electron chi connectivity index (χ2n) is 29.6. The van der Waals surface area contributed by atoms with Gasteiger partial charge in [-0.1, -0.05) is 91.3 Å². The first kappa shape index (κ1) is 88.3. The molecule has 102 heavy (non-hydrogen) atoms. The first-order valence-electron chi connectivity index (χ1n) is 38.0. The second kappa shape index (κ2) is 49.6. The van der Waals surface area contributed by atoms with Crippen LogP contribution >= 0.6 is 0 Å². The van der Waals surface area contributed by atoms with Crippen LogP contribution < -0.4 is 55.7 Å². The Morgan fingerprint density at radius 2 is 0.902 bits per heavy atom. The van der Waals surface area contributed by atoms with Crippen molar-refractivity contribution in [3.63, 3.8) is 0 Å². The van der Waals surface area contributed by atoms with Crippen molar-refractivity contribution in [1.82, 2.24) is 31.2 Å². The van der Waals surface area contributed by atoms with Crippen LogP contribution in [0.25, 0.3) is 21.8 Å². The van der Waals surface area contributed by atoms with Gasteiger partial charge in [0.25, 0.3) is 0 Å². The molecule has 23 nitrogen and oxygen atoms in total. The number of para-hydroxylation sites is 2. The van der Waals surface area contributed by atoms with Gasteiger partial charge in [0.05, 0.1) is 0 Å². The van der Waals surface area contributed by atoms with E-state index >= 15 is 0 Å². The van der Waals surface area contributed by atoms with Gasteiger partial charge in [-0.2, -0.15) is 0 Å². The summed E-state index contributed by atoms with van der Waals surface area (Å²) in [6.45, 7) is 19.4. The Morgan fingerprint density at radius 3 is 1.42 bits per heavy atom. The van der Waals surface area contributed by atoms with E-state index in [1.807, 2.05) is 90.3 Å². The summed E-state index contributed by atoms with van der Waals surface area (Å²) in [5, 5.41) is 14.7. The number of carbonyl (C=O) groups is 9. The van der Waals surface area contributed by atoms with Gasteiger partial charge in [-0.05, 0) is 181 Å². The number of aliphatic imine (C=N–C) groups is 2. The molecule has 0 aliphatic carbocycles. The van der Waals surface area contributed by atoms with Gasteiger partial charge in [-0.25, -0.2) is 0 Å². The third-order valence-electron chi connectivity index (χ3n) is 19.6. The summed E-state index contributed by atoms with van der Waals surface area (Å²) in [5.74, 6) is 1.03. The number of carbonyl (C=O) groups excluding carboxylic acids is 9. The third-order valence-corrected chi connectivity index (χ3v) is 19.6. The van der Waals surface area contributed by atoms with Crippen LogP contribution in [0.4, 0.5) is 0 Å². The van der Waals surface area contributed by atoms with E-state index in [9.17, 15) is 43.2 Å². The highest BCUT2D eigenvalue weighted by Gasteiger charge is 2.26. The molecule has 18 N–H and O–H groups in total. The fourth-order valence-corrected chi connectivity index (χ4v) is 13.5. The number of aromatic amines is 2. The number of hydrogen-bond acceptors (Lipinski definition) is 12. The van der Waals surface area contributed by atoms with Crippen molar-refractivity contribution in [3.8, 4) is 0 Å². The maximum absolute atomic E-state index is 13.6. The molecule has 4 rings (SSSR count). The lowest BCUT2D eigenvalue weighted by molar-refractivity contribution is -0.124. The summed E-state index contributed by atoms with van der Waals surface area (Å²) in [7, 11) is 0. The number of nitrogens with one attached hydrogen (secondary N) is 6. The minimum atomic E-state index is -0.356. The largest absolute Gasteiger partial charge is 0.370 e. The zero-order valence-corrected chi connectivity index (χ0v) is 63.3. The standard InChI is InChI=1S/C45H76N8O5.C34H54N6O4/c1-30(2)35(17-23-43(57)51-32(5)12-11-25-49-45(47)48)28-39(56)19-18-37(27-36-29-50-42-15-8-7-14-40(36)42)53-44(58)22-16-34(13-9-10-24-46)26-38(55)20-21-41(31(3)4)52-33(6)54;1-4-8-28(41)20-24(19-26-22-39-31-11-6-5-10-30(26)31)12-17-33(44)40-27(9-7-18-38-34(36)37)14-15-29(42)21-25(23(2)3)13-16-32(35)43/h7-8,14-15,29-32,34-35,37,41,50H,9-13,16-28,46H2,1-6H3,(H,51,57)(H,52,54)(H,53,58)(H4,47,48,49);5-6,10-11,22-25,27,39H,4,7-9,12-21H2,1-3H3,(H2,35,43)(H,40,44)(H4,36,37,38)/t32-,34+,35+,37-,41-;24-,25+,27+/m11/s1. The molecule has 0 aliphatic rings. The molecule has 570 valence electrons. The minimum Gasteiger partial charge on any atom is -0.370 e. The van der Waals surface area contributed by atoms with Crippen LogP contribution in [0.1, 0.15) is 247 Å². The topological polar surface area (TPSA) is 414 Å². The monoisotopic (exact) mass is 1420 g/mol. The molecule has 2 aromatic carbocycles. The summed E-state index contributed by atoms with van der Waals surface area (Å²) >= 11 is 0. The number of ketones is 4. The summed E-state index contributed by atoms with van der Waals surface area (Å²) in [5.41, 5.74) is 37.1. The van der Waals surface area contributed by atoms with Crippen LogP contribution in [0.3, 0.4) is 0 Å². The molecule has 2 aromatic heterocycles. The first-order valence-corrected chi connectivity index (χ1v) is 38.0. The quantitative estimate of drug-likeness (QED) is 0.0111. The third kappa shape index (κ3) is 38.4. The number of nitrogens with two attached hydrogens (primary N) is 6. The second-order valence-corrected chi connectivity index (χ2v) is 29.6. The number of hydrogen-bond donors (Lipinski definition) is 12. The van der Waals surface area contributed by atoms with E-state index < -0.39 is 0 Å². The molecule has 5 amide bonds. The molecule has 0 fully saturated rings. The van der Waals surface area contributed by atoms with Crippen molar-refractivity contribution in [2.24, 2.45) is 85.8 Å². The minimum absolute atomic E-state index is 0.000492. The Kier molecular flexibility index (Phi) is 42.9. The molecule has 0 unspecified atom stereocenters. The predicted molar refractivity (Wildman–Crippen MR) is 412 cm³/mol. The molecule has 0 radical (unpaired) electrons. The van der Waals surface area contributed by atoms with Gasteiger partial charge in [0, 0.05) is 155 Å². The van der Waals surface area contributed by atoms with E-state index in [0.29, 0.717) is 148 Å². The van der Waals surface area contributed by atoms with Gasteiger partial charge in [-0.3, -0.25) is 53.1 Å². The average molecular weight is 1420 g/mol. The van der Waals surface area contributed by atoms with E-state index in [0.717, 1.165) is 77.9 Å². The Balaban J connectivity index is 0.000000550. The number of unbranched alkanes of at least 4 members (excludes halogenated alkanes) is 1. The number of Topliss-reactive ketones (excluding diaryl/α,β-unsaturated/α-hetero) is 4. The highest BCUT2D eigenvalue weighted by Crippen LogP contribution is 2.29. The lowest BCUT2D eigenvalue weighted by atomic mass is 9.85. The molecule has 0 aliphatic heterocycles. The Morgan fingerprint density at radius 1 is 0.441 bits per heavy atom. The number of H-pyrrole nitrogens is 2. The van der Waals surface area contributed by atoms with Crippen LogP contribution in [0.5, 0.6) is 0 Å². The molecule has 0 spiro atoms. The maximum Gasteiger partial charge on any atom is 0.220 e. The summed E-state index contributed by atoms with van der Waals surface area (Å²) in [6.07, 6.45) is 19.9. The number of benzene rings is 2. The molecular formula is C79H130N14O9. The Hall–Kier alpha value is -7.95. The lowest BCUT2D eigenvalue weighted by Crippen LogP contribution is -2.37. The number of aromatic nitrogens is 2. The number of guanidine groups is 2. The SMILES string of the molecule is CC(=O)N[C@H](CCC(=O)C[C@@H](CCCCN)CCC(=O)N[C@H](CCC(=O)C[C@H](CCC(=O)N[C@H](C)CCCN=C(N)N)C(C)C)Cc1c[nH]c2ccccc12)C(C)C.CCCC(=O)C[C@H](CCC(=O)N[C@@H](CCCN=C(N)N)CCC(=O)C[C@H](CCC(N)=O)C(C)C)Cc1c[nH]c2ccccc12. The number of primary amides is 1. The normalized spacial score (nSPS) is 13.8. The fraction of sp³-hybridized carbons (Fsp3) is 0.658. The van der Waals surface area contributed by atoms with Crippen molar-refractivity contribution in [3.05, 3.63) is 72.1 Å². The molecule has 4 aromatic rings. The van der Waals surface area contributed by atoms with E-state index in [4.69, 9.17) is 34.4 Å². The fourth-order valence-electron chi connectivity index (χ4n) is 13.5. The van der Waals surface area contributed by atoms with Gasteiger partial charge in [0.2, 0.25) is 29.5 Å². The van der Waals surface area contributed by atoms with Crippen LogP contribution in [-0.4, -0.2) is 118 Å². The smallest absolute Gasteiger partial charge is 0.220 e. The van der Waals surface area contributed by atoms with Crippen molar-refractivity contribution in [2.45, 2.75) is 273 Å². The van der Waals surface area contributed by atoms with Crippen molar-refractivity contribution < 1.29 is 43.2 Å². The number of fused-ring (bicyclic) bond motifs is 2. The molecule has 23 heteroatoms. The van der Waals surface area contributed by atoms with Crippen molar-refractivity contribution in [2.75, 3.05) is 19.6 Å². The average Bonchev–Trinajstić information content (AvgIpc) is 1.69. The van der Waals surface area contributed by atoms with Gasteiger partial charge in [-0.15, -0.1) is 0 Å². The zero-order chi connectivity index (χ0) is 75.5. The molecule has 2 heterocycles. The van der Waals surface area contributed by atoms with Crippen LogP contribution in [0.15, 0.2) is 70.9 Å². The van der Waals surface area contributed by atoms with Gasteiger partial charge in [0.1, 0.15) is 23.1 Å². The Labute approximate surface area is 608 Å². The van der Waals surface area contributed by atoms with E-state index in [2.05, 4.69) is 67.2 Å². The Bertz CT molecular complexity index is 3240. The van der Waals surface area contributed by atoms with E-state index in [1.165, 1.54) is 6.92 Å². The molecule has 0 bridgehead atoms. The highest BCUT2D eigenvalue weighted by molar-refractivity contribution is 5.86. The van der Waals surface area contributed by atoms with Gasteiger partial charge >= 0.3 is 0 Å². The number of rotatable bonds is 54. The van der Waals surface area contributed by atoms with Crippen molar-refractivity contribution >= 4 is 86.4 Å². The molecule has 0 saturated heterocycles. The van der Waals surface area contributed by atoms with Gasteiger partial charge < -0.3 is 65.6 Å². The lowest BCUT2D eigenvalue weighted by Gasteiger charge is -2.23. The van der Waals surface area contributed by atoms with Crippen LogP contribution in [0, 0.1) is 41.4 Å². The predicted octanol–water partition coefficient (Wildman–Crippen LogP) is 10.7. The maximum atomic E-state index is 13.6. The number of nitrogens with zero attached hydrogens (tertiary/aromatic N) is 2. The van der Waals surface area contributed by atoms with Crippen LogP contribution in [0.2, 0.25) is 0 Å². The molecular weight excluding hydrogens is 1290 g/mol. The molecule has 0 saturated carbocycles. The zero-order valence-electron chi connectivity index (χ0n) is 63.3. The molecule has 8 atom stereocenters. The summed E-state index contributed by atoms with van der Waals surface area (Å²) in [6, 6.07) is 15.7. The van der Waals surface area contributed by atoms with Crippen molar-refractivity contribution in [1.29, 1.82) is 0 Å². The van der Waals surface area contributed by atoms with Crippen LogP contribution in [-0.2, 0) is 56.0 Å². The summed E-state index contributed by atoms with van der Waals surface area (Å²) < 4.78 is 0. The summed E-state index contributed by atoms with van der Waals surface area (Å²) in [4.78, 5) is 129.